The smallest absolute Gasteiger partial charge is 0.312 e. The van der Waals surface area contributed by atoms with E-state index in [1.165, 1.54) is 0 Å². The van der Waals surface area contributed by atoms with Gasteiger partial charge in [0.2, 0.25) is 5.91 Å². The lowest BCUT2D eigenvalue weighted by Crippen LogP contribution is -2.62. The van der Waals surface area contributed by atoms with Crippen LogP contribution in [0.25, 0.3) is 0 Å². The summed E-state index contributed by atoms with van der Waals surface area (Å²) in [5, 5.41) is 0.552. The second kappa shape index (κ2) is 6.95. The van der Waals surface area contributed by atoms with Crippen molar-refractivity contribution >= 4 is 35.1 Å². The van der Waals surface area contributed by atoms with E-state index in [0.717, 1.165) is 0 Å². The van der Waals surface area contributed by atoms with Crippen molar-refractivity contribution in [2.75, 3.05) is 11.4 Å². The van der Waals surface area contributed by atoms with Crippen molar-refractivity contribution in [1.29, 1.82) is 0 Å². The molecular formula is C21H19ClN2O4. The number of fused-ring (bicyclic) bond motifs is 3. The molecule has 0 radical (unpaired) electrons. The molecule has 2 amide bonds. The first-order valence-electron chi connectivity index (χ1n) is 9.10. The molecule has 0 aliphatic carbocycles. The van der Waals surface area contributed by atoms with Crippen LogP contribution in [-0.2, 0) is 9.59 Å². The van der Waals surface area contributed by atoms with Crippen molar-refractivity contribution in [3.05, 3.63) is 59.1 Å². The summed E-state index contributed by atoms with van der Waals surface area (Å²) in [6.45, 7) is 2.04. The highest BCUT2D eigenvalue weighted by Crippen LogP contribution is 2.43. The molecule has 2 aliphatic rings. The zero-order chi connectivity index (χ0) is 19.9. The third-order valence-electron chi connectivity index (χ3n) is 5.33. The first-order valence-corrected chi connectivity index (χ1v) is 9.48. The van der Waals surface area contributed by atoms with E-state index in [2.05, 4.69) is 0 Å². The largest absolute Gasteiger partial charge is 0.426 e. The van der Waals surface area contributed by atoms with Gasteiger partial charge in [0, 0.05) is 18.0 Å². The second-order valence-electron chi connectivity index (χ2n) is 7.10. The Morgan fingerprint density at radius 2 is 1.86 bits per heavy atom. The first-order chi connectivity index (χ1) is 13.4. The number of hydrogen-bond donors (Lipinski definition) is 0. The van der Waals surface area contributed by atoms with Crippen molar-refractivity contribution in [3.63, 3.8) is 0 Å². The van der Waals surface area contributed by atoms with E-state index in [4.69, 9.17) is 16.3 Å². The van der Waals surface area contributed by atoms with Crippen LogP contribution in [0, 0.1) is 0 Å². The molecule has 0 bridgehead atoms. The lowest BCUT2D eigenvalue weighted by molar-refractivity contribution is -0.134. The summed E-state index contributed by atoms with van der Waals surface area (Å²) in [6, 6.07) is 13.6. The molecule has 1 saturated heterocycles. The lowest BCUT2D eigenvalue weighted by atomic mass is 9.98. The molecule has 0 aromatic heterocycles. The second-order valence-corrected chi connectivity index (χ2v) is 7.53. The summed E-state index contributed by atoms with van der Waals surface area (Å²) in [7, 11) is 0. The zero-order valence-corrected chi connectivity index (χ0v) is 16.1. The molecule has 2 aromatic carbocycles. The molecule has 4 rings (SSSR count). The average Bonchev–Trinajstić information content (AvgIpc) is 2.99. The Hall–Kier alpha value is -2.86. The normalized spacial score (nSPS) is 20.8. The Balaban J connectivity index is 1.54. The van der Waals surface area contributed by atoms with Crippen LogP contribution in [0.5, 0.6) is 5.75 Å². The molecule has 0 saturated carbocycles. The minimum atomic E-state index is -0.775. The molecule has 0 N–H and O–H groups in total. The van der Waals surface area contributed by atoms with Crippen molar-refractivity contribution in [2.24, 2.45) is 0 Å². The van der Waals surface area contributed by atoms with Crippen molar-refractivity contribution in [2.45, 2.75) is 31.8 Å². The fourth-order valence-electron chi connectivity index (χ4n) is 3.93. The number of benzene rings is 2. The van der Waals surface area contributed by atoms with Crippen molar-refractivity contribution in [3.8, 4) is 5.75 Å². The fraction of sp³-hybridized carbons (Fsp3) is 0.286. The van der Waals surface area contributed by atoms with Crippen LogP contribution < -0.4 is 9.64 Å². The van der Waals surface area contributed by atoms with Crippen LogP contribution in [0.2, 0.25) is 5.02 Å². The molecule has 6 nitrogen and oxygen atoms in total. The van der Waals surface area contributed by atoms with E-state index in [-0.39, 0.29) is 24.8 Å². The number of ether oxygens (including phenoxy) is 1. The van der Waals surface area contributed by atoms with Gasteiger partial charge in [0.25, 0.3) is 5.91 Å². The van der Waals surface area contributed by atoms with Gasteiger partial charge in [0.05, 0.1) is 17.7 Å². The maximum Gasteiger partial charge on any atom is 0.312 e. The van der Waals surface area contributed by atoms with Gasteiger partial charge in [-0.25, -0.2) is 0 Å². The third kappa shape index (κ3) is 3.03. The summed E-state index contributed by atoms with van der Waals surface area (Å²) in [4.78, 5) is 41.2. The number of amides is 2. The van der Waals surface area contributed by atoms with E-state index in [1.807, 2.05) is 13.0 Å². The molecule has 0 unspecified atom stereocenters. The van der Waals surface area contributed by atoms with E-state index in [0.29, 0.717) is 34.9 Å². The number of esters is 1. The van der Waals surface area contributed by atoms with Gasteiger partial charge in [0.15, 0.2) is 0 Å². The summed E-state index contributed by atoms with van der Waals surface area (Å²) in [5.41, 5.74) is 0.335. The average molecular weight is 399 g/mol. The SMILES string of the molecule is C[C@@]12CCC(=O)N1c1ccccc1C(=O)N2CCC(=O)Oc1ccc(Cl)cc1. The highest BCUT2D eigenvalue weighted by Gasteiger charge is 2.52. The van der Waals surface area contributed by atoms with E-state index in [1.54, 1.807) is 52.3 Å². The monoisotopic (exact) mass is 398 g/mol. The van der Waals surface area contributed by atoms with Gasteiger partial charge >= 0.3 is 5.97 Å². The van der Waals surface area contributed by atoms with Gasteiger partial charge in [0.1, 0.15) is 11.4 Å². The van der Waals surface area contributed by atoms with Gasteiger partial charge in [-0.1, -0.05) is 23.7 Å². The number of hydrogen-bond acceptors (Lipinski definition) is 4. The molecule has 0 spiro atoms. The lowest BCUT2D eigenvalue weighted by Gasteiger charge is -2.48. The van der Waals surface area contributed by atoms with Gasteiger partial charge in [-0.2, -0.15) is 0 Å². The van der Waals surface area contributed by atoms with Gasteiger partial charge < -0.3 is 9.64 Å². The molecule has 144 valence electrons. The van der Waals surface area contributed by atoms with Crippen LogP contribution in [-0.4, -0.2) is 34.9 Å². The van der Waals surface area contributed by atoms with Crippen molar-refractivity contribution < 1.29 is 19.1 Å². The quantitative estimate of drug-likeness (QED) is 0.582. The topological polar surface area (TPSA) is 66.9 Å². The maximum atomic E-state index is 13.1. The van der Waals surface area contributed by atoms with Crippen LogP contribution in [0.3, 0.4) is 0 Å². The van der Waals surface area contributed by atoms with Crippen molar-refractivity contribution in [1.82, 2.24) is 4.90 Å². The van der Waals surface area contributed by atoms with Gasteiger partial charge in [-0.3, -0.25) is 19.3 Å². The molecule has 2 aliphatic heterocycles. The van der Waals surface area contributed by atoms with E-state index < -0.39 is 11.6 Å². The Kier molecular flexibility index (Phi) is 4.59. The Labute approximate surface area is 167 Å². The molecular weight excluding hydrogens is 380 g/mol. The molecule has 28 heavy (non-hydrogen) atoms. The van der Waals surface area contributed by atoms with Crippen LogP contribution in [0.4, 0.5) is 5.69 Å². The third-order valence-corrected chi connectivity index (χ3v) is 5.58. The maximum absolute atomic E-state index is 13.1. The Morgan fingerprint density at radius 3 is 2.61 bits per heavy atom. The summed E-state index contributed by atoms with van der Waals surface area (Å²) in [5.74, 6) is -0.249. The minimum Gasteiger partial charge on any atom is -0.426 e. The minimum absolute atomic E-state index is 0.0174. The summed E-state index contributed by atoms with van der Waals surface area (Å²) < 4.78 is 5.31. The number of carbonyl (C=O) groups is 3. The predicted octanol–water partition coefficient (Wildman–Crippen LogP) is 3.63. The fourth-order valence-corrected chi connectivity index (χ4v) is 4.06. The predicted molar refractivity (Wildman–Crippen MR) is 104 cm³/mol. The van der Waals surface area contributed by atoms with E-state index in [9.17, 15) is 14.4 Å². The number of rotatable bonds is 4. The van der Waals surface area contributed by atoms with Crippen LogP contribution >= 0.6 is 11.6 Å². The molecule has 2 heterocycles. The van der Waals surface area contributed by atoms with Crippen LogP contribution in [0.15, 0.2) is 48.5 Å². The zero-order valence-electron chi connectivity index (χ0n) is 15.4. The Bertz CT molecular complexity index is 959. The Morgan fingerprint density at radius 1 is 1.14 bits per heavy atom. The molecule has 2 aromatic rings. The number of nitrogens with zero attached hydrogens (tertiary/aromatic N) is 2. The van der Waals surface area contributed by atoms with Gasteiger partial charge in [-0.15, -0.1) is 0 Å². The number of halogens is 1. The van der Waals surface area contributed by atoms with Crippen LogP contribution in [0.1, 0.15) is 36.5 Å². The molecule has 7 heteroatoms. The summed E-state index contributed by atoms with van der Waals surface area (Å²) in [6.07, 6.45) is 0.913. The van der Waals surface area contributed by atoms with Gasteiger partial charge in [-0.05, 0) is 49.7 Å². The number of carbonyl (C=O) groups excluding carboxylic acids is 3. The van der Waals surface area contributed by atoms with E-state index >= 15 is 0 Å². The standard InChI is InChI=1S/C21H19ClN2O4/c1-21-12-10-18(25)24(21)17-5-3-2-4-16(17)20(27)23(21)13-11-19(26)28-15-8-6-14(22)7-9-15/h2-9H,10-13H2,1H3/t21-/m0/s1. The first kappa shape index (κ1) is 18.5. The number of anilines is 1. The summed E-state index contributed by atoms with van der Waals surface area (Å²) >= 11 is 5.83. The highest BCUT2D eigenvalue weighted by molar-refractivity contribution is 6.30. The molecule has 1 fully saturated rings. The number of para-hydroxylation sites is 1. The highest BCUT2D eigenvalue weighted by atomic mass is 35.5. The molecule has 1 atom stereocenters.